The van der Waals surface area contributed by atoms with Crippen molar-refractivity contribution in [3.63, 3.8) is 0 Å². The molecule has 0 atom stereocenters. The largest absolute Gasteiger partial charge is 0.436 e. The lowest BCUT2D eigenvalue weighted by molar-refractivity contribution is 0.458. The number of benzene rings is 1. The molecule has 3 N–H and O–H groups in total. The van der Waals surface area contributed by atoms with Gasteiger partial charge in [0.2, 0.25) is 5.88 Å². The third-order valence-corrected chi connectivity index (χ3v) is 4.78. The zero-order valence-corrected chi connectivity index (χ0v) is 16.1. The van der Waals surface area contributed by atoms with E-state index in [1.54, 1.807) is 6.20 Å². The van der Waals surface area contributed by atoms with E-state index in [4.69, 9.17) is 10.5 Å². The Hall–Kier alpha value is -2.23. The monoisotopic (exact) mass is 341 g/mol. The van der Waals surface area contributed by atoms with Gasteiger partial charge in [-0.05, 0) is 50.3 Å². The van der Waals surface area contributed by atoms with Gasteiger partial charge >= 0.3 is 0 Å². The Morgan fingerprint density at radius 1 is 1.12 bits per heavy atom. The summed E-state index contributed by atoms with van der Waals surface area (Å²) in [4.78, 5) is 4.33. The average molecular weight is 341 g/mol. The van der Waals surface area contributed by atoms with Crippen LogP contribution in [-0.4, -0.2) is 11.5 Å². The number of nitrogens with two attached hydrogens (primary N) is 1. The van der Waals surface area contributed by atoms with E-state index in [1.165, 1.54) is 18.4 Å². The van der Waals surface area contributed by atoms with Crippen LogP contribution in [0, 0.1) is 26.7 Å². The predicted octanol–water partition coefficient (Wildman–Crippen LogP) is 5.62. The molecule has 25 heavy (non-hydrogen) atoms. The summed E-state index contributed by atoms with van der Waals surface area (Å²) in [5.74, 6) is 2.05. The van der Waals surface area contributed by atoms with Gasteiger partial charge in [-0.3, -0.25) is 0 Å². The molecule has 0 saturated carbocycles. The molecule has 136 valence electrons. The highest BCUT2D eigenvalue weighted by Crippen LogP contribution is 2.34. The van der Waals surface area contributed by atoms with Gasteiger partial charge in [-0.15, -0.1) is 0 Å². The Kier molecular flexibility index (Phi) is 6.68. The van der Waals surface area contributed by atoms with Crippen LogP contribution in [0.4, 0.5) is 11.4 Å². The van der Waals surface area contributed by atoms with Crippen LogP contribution in [0.2, 0.25) is 0 Å². The summed E-state index contributed by atoms with van der Waals surface area (Å²) < 4.78 is 6.06. The molecule has 1 heterocycles. The van der Waals surface area contributed by atoms with Crippen LogP contribution >= 0.6 is 0 Å². The van der Waals surface area contributed by atoms with Gasteiger partial charge in [-0.1, -0.05) is 44.4 Å². The maximum Gasteiger partial charge on any atom is 0.244 e. The Balaban J connectivity index is 2.13. The van der Waals surface area contributed by atoms with E-state index in [1.807, 2.05) is 19.9 Å². The van der Waals surface area contributed by atoms with Gasteiger partial charge < -0.3 is 15.8 Å². The summed E-state index contributed by atoms with van der Waals surface area (Å²) in [6, 6.07) is 6.12. The smallest absolute Gasteiger partial charge is 0.244 e. The van der Waals surface area contributed by atoms with Crippen molar-refractivity contribution in [2.45, 2.75) is 53.9 Å². The van der Waals surface area contributed by atoms with Crippen molar-refractivity contribution in [3.05, 3.63) is 41.1 Å². The number of ether oxygens (including phenoxy) is 1. The lowest BCUT2D eigenvalue weighted by Crippen LogP contribution is -2.10. The lowest BCUT2D eigenvalue weighted by Gasteiger charge is -2.17. The molecule has 4 heteroatoms. The molecule has 1 aromatic carbocycles. The molecule has 0 bridgehead atoms. The van der Waals surface area contributed by atoms with E-state index in [0.717, 1.165) is 41.4 Å². The maximum absolute atomic E-state index is 6.29. The van der Waals surface area contributed by atoms with E-state index >= 15 is 0 Å². The van der Waals surface area contributed by atoms with E-state index in [-0.39, 0.29) is 0 Å². The molecule has 0 fully saturated rings. The van der Waals surface area contributed by atoms with Crippen LogP contribution in [0.15, 0.2) is 24.4 Å². The van der Waals surface area contributed by atoms with E-state index in [9.17, 15) is 0 Å². The topological polar surface area (TPSA) is 60.2 Å². The molecular weight excluding hydrogens is 310 g/mol. The number of nitrogens with one attached hydrogen (secondary N) is 1. The molecule has 4 nitrogen and oxygen atoms in total. The quantitative estimate of drug-likeness (QED) is 0.654. The summed E-state index contributed by atoms with van der Waals surface area (Å²) in [7, 11) is 0. The third-order valence-electron chi connectivity index (χ3n) is 4.78. The minimum absolute atomic E-state index is 0.461. The van der Waals surface area contributed by atoms with Crippen LogP contribution in [0.25, 0.3) is 0 Å². The van der Waals surface area contributed by atoms with E-state index in [2.05, 4.69) is 43.2 Å². The fourth-order valence-electron chi connectivity index (χ4n) is 3.22. The fraction of sp³-hybridized carbons (Fsp3) is 0.476. The van der Waals surface area contributed by atoms with Gasteiger partial charge in [0.1, 0.15) is 11.4 Å². The lowest BCUT2D eigenvalue weighted by atomic mass is 10.00. The molecular formula is C21H31N3O. The van der Waals surface area contributed by atoms with Gasteiger partial charge in [0, 0.05) is 12.7 Å². The number of nitrogens with zero attached hydrogens (tertiary/aromatic N) is 1. The van der Waals surface area contributed by atoms with Crippen LogP contribution in [0.3, 0.4) is 0 Å². The second-order valence-electron chi connectivity index (χ2n) is 6.81. The molecule has 0 amide bonds. The van der Waals surface area contributed by atoms with Crippen LogP contribution in [0.5, 0.6) is 11.6 Å². The Labute approximate surface area is 151 Å². The second-order valence-corrected chi connectivity index (χ2v) is 6.81. The normalized spacial score (nSPS) is 11.0. The summed E-state index contributed by atoms with van der Waals surface area (Å²) in [5, 5.41) is 3.43. The zero-order valence-electron chi connectivity index (χ0n) is 16.1. The number of rotatable bonds is 8. The first kappa shape index (κ1) is 19.1. The molecule has 1 aromatic heterocycles. The molecule has 0 saturated heterocycles. The minimum Gasteiger partial charge on any atom is -0.436 e. The molecule has 2 rings (SSSR count). The van der Waals surface area contributed by atoms with Gasteiger partial charge in [-0.25, -0.2) is 4.98 Å². The van der Waals surface area contributed by atoms with Gasteiger partial charge in [0.15, 0.2) is 0 Å². The van der Waals surface area contributed by atoms with Gasteiger partial charge in [0.05, 0.1) is 5.69 Å². The SMILES string of the molecule is CCC(CC)CCNc1ccnc(Oc2c(C)cc(C)cc2C)c1N. The number of aryl methyl sites for hydroxylation is 3. The standard InChI is InChI=1S/C21H31N3O/c1-6-17(7-2)8-10-23-18-9-11-24-21(19(18)22)25-20-15(4)12-14(3)13-16(20)5/h9,11-13,17H,6-8,10,22H2,1-5H3,(H,23,24). The summed E-state index contributed by atoms with van der Waals surface area (Å²) in [6.07, 6.45) is 5.31. The Morgan fingerprint density at radius 3 is 2.36 bits per heavy atom. The van der Waals surface area contributed by atoms with Crippen LogP contribution < -0.4 is 15.8 Å². The average Bonchev–Trinajstić information content (AvgIpc) is 2.57. The highest BCUT2D eigenvalue weighted by atomic mass is 16.5. The first-order valence-corrected chi connectivity index (χ1v) is 9.20. The van der Waals surface area contributed by atoms with Gasteiger partial charge in [0.25, 0.3) is 0 Å². The second kappa shape index (κ2) is 8.75. The predicted molar refractivity (Wildman–Crippen MR) is 107 cm³/mol. The van der Waals surface area contributed by atoms with E-state index < -0.39 is 0 Å². The third kappa shape index (κ3) is 4.88. The Morgan fingerprint density at radius 2 is 1.76 bits per heavy atom. The number of anilines is 2. The van der Waals surface area contributed by atoms with Crippen molar-refractivity contribution in [2.75, 3.05) is 17.6 Å². The first-order valence-electron chi connectivity index (χ1n) is 9.20. The highest BCUT2D eigenvalue weighted by molar-refractivity contribution is 5.71. The van der Waals surface area contributed by atoms with Crippen molar-refractivity contribution < 1.29 is 4.74 Å². The van der Waals surface area contributed by atoms with Crippen molar-refractivity contribution in [3.8, 4) is 11.6 Å². The van der Waals surface area contributed by atoms with Crippen molar-refractivity contribution in [1.82, 2.24) is 4.98 Å². The van der Waals surface area contributed by atoms with Crippen molar-refractivity contribution >= 4 is 11.4 Å². The number of hydrogen-bond donors (Lipinski definition) is 2. The molecule has 2 aromatic rings. The van der Waals surface area contributed by atoms with Crippen LogP contribution in [0.1, 0.15) is 49.8 Å². The van der Waals surface area contributed by atoms with E-state index in [0.29, 0.717) is 11.6 Å². The minimum atomic E-state index is 0.461. The Bertz CT molecular complexity index is 685. The number of nitrogen functional groups attached to an aromatic ring is 1. The first-order chi connectivity index (χ1) is 12.0. The molecule has 0 spiro atoms. The maximum atomic E-state index is 6.29. The summed E-state index contributed by atoms with van der Waals surface area (Å²) in [5.41, 5.74) is 11.1. The number of pyridine rings is 1. The van der Waals surface area contributed by atoms with Crippen molar-refractivity contribution in [1.29, 1.82) is 0 Å². The highest BCUT2D eigenvalue weighted by Gasteiger charge is 2.13. The fourth-order valence-corrected chi connectivity index (χ4v) is 3.22. The number of aromatic nitrogens is 1. The van der Waals surface area contributed by atoms with Crippen molar-refractivity contribution in [2.24, 2.45) is 5.92 Å². The summed E-state index contributed by atoms with van der Waals surface area (Å²) >= 11 is 0. The molecule has 0 radical (unpaired) electrons. The molecule has 0 aliphatic heterocycles. The number of hydrogen-bond acceptors (Lipinski definition) is 4. The molecule has 0 aliphatic carbocycles. The summed E-state index contributed by atoms with van der Waals surface area (Å²) in [6.45, 7) is 11.6. The molecule has 0 unspecified atom stereocenters. The molecule has 0 aliphatic rings. The van der Waals surface area contributed by atoms with Gasteiger partial charge in [-0.2, -0.15) is 0 Å². The zero-order chi connectivity index (χ0) is 18.4. The van der Waals surface area contributed by atoms with Crippen LogP contribution in [-0.2, 0) is 0 Å².